The Balaban J connectivity index is 2.10. The lowest BCUT2D eigenvalue weighted by atomic mass is 10.4. The molecule has 1 aliphatic carbocycles. The lowest BCUT2D eigenvalue weighted by Gasteiger charge is -1.86. The first-order valence-electron chi connectivity index (χ1n) is 3.35. The zero-order valence-electron chi connectivity index (χ0n) is 5.45. The summed E-state index contributed by atoms with van der Waals surface area (Å²) in [7, 11) is 0. The summed E-state index contributed by atoms with van der Waals surface area (Å²) in [6.07, 6.45) is 2.24. The molecule has 0 aromatic rings. The summed E-state index contributed by atoms with van der Waals surface area (Å²) in [4.78, 5) is 14.9. The molecule has 1 saturated carbocycles. The molecule has 2 rings (SSSR count). The first-order chi connectivity index (χ1) is 4.86. The van der Waals surface area contributed by atoms with Gasteiger partial charge in [0.1, 0.15) is 12.3 Å². The van der Waals surface area contributed by atoms with Gasteiger partial charge in [-0.25, -0.2) is 0 Å². The Labute approximate surface area is 58.1 Å². The van der Waals surface area contributed by atoms with E-state index in [1.807, 2.05) is 0 Å². The van der Waals surface area contributed by atoms with E-state index < -0.39 is 0 Å². The third-order valence-electron chi connectivity index (χ3n) is 1.51. The molecule has 0 unspecified atom stereocenters. The fourth-order valence-electron chi connectivity index (χ4n) is 0.812. The molecule has 10 heavy (non-hydrogen) atoms. The maximum absolute atomic E-state index is 10.7. The topological polar surface area (TPSA) is 54.1 Å². The van der Waals surface area contributed by atoms with E-state index in [0.29, 0.717) is 18.3 Å². The molecule has 1 heterocycles. The standard InChI is InChI=1S/C6H7N3O/c10-6-5(3-7-9-6)8-4-1-2-4/h4H,1-3H2. The van der Waals surface area contributed by atoms with E-state index in [1.165, 1.54) is 0 Å². The summed E-state index contributed by atoms with van der Waals surface area (Å²) in [5, 5.41) is 6.92. The van der Waals surface area contributed by atoms with Crippen LogP contribution < -0.4 is 0 Å². The summed E-state index contributed by atoms with van der Waals surface area (Å²) in [5.74, 6) is -0.244. The third kappa shape index (κ3) is 0.964. The number of nitrogens with zero attached hydrogens (tertiary/aromatic N) is 3. The minimum Gasteiger partial charge on any atom is -0.279 e. The Morgan fingerprint density at radius 1 is 1.50 bits per heavy atom. The molecule has 0 spiro atoms. The number of hydrogen-bond donors (Lipinski definition) is 0. The fraction of sp³-hybridized carbons (Fsp3) is 0.667. The highest BCUT2D eigenvalue weighted by Crippen LogP contribution is 2.24. The molecule has 1 fully saturated rings. The van der Waals surface area contributed by atoms with Crippen LogP contribution in [0, 0.1) is 0 Å². The van der Waals surface area contributed by atoms with Crippen molar-refractivity contribution < 1.29 is 4.79 Å². The zero-order chi connectivity index (χ0) is 6.97. The summed E-state index contributed by atoms with van der Waals surface area (Å²) in [6.45, 7) is 0.398. The van der Waals surface area contributed by atoms with Crippen molar-refractivity contribution >= 4 is 11.6 Å². The second kappa shape index (κ2) is 1.97. The van der Waals surface area contributed by atoms with Gasteiger partial charge < -0.3 is 0 Å². The van der Waals surface area contributed by atoms with Gasteiger partial charge in [-0.2, -0.15) is 5.11 Å². The maximum Gasteiger partial charge on any atom is 0.310 e. The van der Waals surface area contributed by atoms with E-state index in [9.17, 15) is 4.79 Å². The number of hydrogen-bond acceptors (Lipinski definition) is 3. The molecule has 0 N–H and O–H groups in total. The SMILES string of the molecule is O=C1N=NCC1=NC1CC1. The Kier molecular flexibility index (Phi) is 1.12. The average Bonchev–Trinajstić information content (AvgIpc) is 2.62. The molecule has 0 radical (unpaired) electrons. The summed E-state index contributed by atoms with van der Waals surface area (Å²) in [5.41, 5.74) is 0.544. The van der Waals surface area contributed by atoms with E-state index in [2.05, 4.69) is 15.2 Å². The van der Waals surface area contributed by atoms with Crippen molar-refractivity contribution in [3.63, 3.8) is 0 Å². The van der Waals surface area contributed by atoms with Crippen LogP contribution in [-0.2, 0) is 4.79 Å². The lowest BCUT2D eigenvalue weighted by molar-refractivity contribution is -0.111. The number of amides is 1. The van der Waals surface area contributed by atoms with Crippen molar-refractivity contribution in [1.29, 1.82) is 0 Å². The van der Waals surface area contributed by atoms with E-state index in [4.69, 9.17) is 0 Å². The molecule has 0 aromatic heterocycles. The Hall–Kier alpha value is -1.06. The van der Waals surface area contributed by atoms with E-state index in [-0.39, 0.29) is 5.91 Å². The van der Waals surface area contributed by atoms with Crippen molar-refractivity contribution in [2.45, 2.75) is 18.9 Å². The van der Waals surface area contributed by atoms with Crippen LogP contribution >= 0.6 is 0 Å². The van der Waals surface area contributed by atoms with Gasteiger partial charge in [0.25, 0.3) is 0 Å². The quantitative estimate of drug-likeness (QED) is 0.521. The number of azo groups is 1. The molecule has 4 heteroatoms. The van der Waals surface area contributed by atoms with Gasteiger partial charge in [-0.1, -0.05) is 0 Å². The van der Waals surface area contributed by atoms with Gasteiger partial charge >= 0.3 is 5.91 Å². The molecule has 1 aliphatic heterocycles. The minimum atomic E-state index is -0.244. The van der Waals surface area contributed by atoms with Gasteiger partial charge in [0, 0.05) is 0 Å². The highest BCUT2D eigenvalue weighted by molar-refractivity contribution is 6.41. The van der Waals surface area contributed by atoms with Crippen LogP contribution in [0.4, 0.5) is 0 Å². The largest absolute Gasteiger partial charge is 0.310 e. The van der Waals surface area contributed by atoms with Crippen LogP contribution in [-0.4, -0.2) is 24.2 Å². The Morgan fingerprint density at radius 2 is 2.30 bits per heavy atom. The predicted octanol–water partition coefficient (Wildman–Crippen LogP) is 0.582. The van der Waals surface area contributed by atoms with Crippen molar-refractivity contribution in [2.75, 3.05) is 6.54 Å². The molecule has 0 atom stereocenters. The molecule has 52 valence electrons. The molecule has 0 bridgehead atoms. The molecular formula is C6H7N3O. The van der Waals surface area contributed by atoms with Crippen LogP contribution in [0.15, 0.2) is 15.2 Å². The molecular weight excluding hydrogens is 130 g/mol. The van der Waals surface area contributed by atoms with Crippen molar-refractivity contribution in [1.82, 2.24) is 0 Å². The van der Waals surface area contributed by atoms with Crippen molar-refractivity contribution in [3.8, 4) is 0 Å². The second-order valence-electron chi connectivity index (χ2n) is 2.51. The third-order valence-corrected chi connectivity index (χ3v) is 1.51. The van der Waals surface area contributed by atoms with Gasteiger partial charge in [-0.05, 0) is 12.8 Å². The van der Waals surface area contributed by atoms with Crippen molar-refractivity contribution in [3.05, 3.63) is 0 Å². The van der Waals surface area contributed by atoms with E-state index >= 15 is 0 Å². The monoisotopic (exact) mass is 137 g/mol. The van der Waals surface area contributed by atoms with Gasteiger partial charge in [0.05, 0.1) is 6.04 Å². The number of carbonyl (C=O) groups excluding carboxylic acids is 1. The summed E-state index contributed by atoms with van der Waals surface area (Å²) < 4.78 is 0. The molecule has 2 aliphatic rings. The van der Waals surface area contributed by atoms with Gasteiger partial charge in [-0.15, -0.1) is 5.11 Å². The molecule has 4 nitrogen and oxygen atoms in total. The number of aliphatic imine (C=N–C) groups is 1. The molecule has 0 aromatic carbocycles. The van der Waals surface area contributed by atoms with Crippen LogP contribution in [0.2, 0.25) is 0 Å². The number of carbonyl (C=O) groups is 1. The van der Waals surface area contributed by atoms with E-state index in [0.717, 1.165) is 12.8 Å². The van der Waals surface area contributed by atoms with Crippen LogP contribution in [0.1, 0.15) is 12.8 Å². The minimum absolute atomic E-state index is 0.244. The smallest absolute Gasteiger partial charge is 0.279 e. The molecule has 1 amide bonds. The van der Waals surface area contributed by atoms with Crippen LogP contribution in [0.25, 0.3) is 0 Å². The van der Waals surface area contributed by atoms with Gasteiger partial charge in [0.2, 0.25) is 0 Å². The zero-order valence-corrected chi connectivity index (χ0v) is 5.45. The van der Waals surface area contributed by atoms with Crippen LogP contribution in [0.3, 0.4) is 0 Å². The fourth-order valence-corrected chi connectivity index (χ4v) is 0.812. The predicted molar refractivity (Wildman–Crippen MR) is 35.2 cm³/mol. The van der Waals surface area contributed by atoms with Crippen LogP contribution in [0.5, 0.6) is 0 Å². The maximum atomic E-state index is 10.7. The molecule has 0 saturated heterocycles. The number of rotatable bonds is 1. The normalized spacial score (nSPS) is 28.4. The lowest BCUT2D eigenvalue weighted by Crippen LogP contribution is -2.09. The Morgan fingerprint density at radius 3 is 2.80 bits per heavy atom. The highest BCUT2D eigenvalue weighted by atomic mass is 16.2. The Bertz CT molecular complexity index is 227. The second-order valence-corrected chi connectivity index (χ2v) is 2.51. The summed E-state index contributed by atoms with van der Waals surface area (Å²) >= 11 is 0. The van der Waals surface area contributed by atoms with Gasteiger partial charge in [0.15, 0.2) is 0 Å². The van der Waals surface area contributed by atoms with Gasteiger partial charge in [-0.3, -0.25) is 9.79 Å². The van der Waals surface area contributed by atoms with E-state index in [1.54, 1.807) is 0 Å². The first-order valence-corrected chi connectivity index (χ1v) is 3.35. The average molecular weight is 137 g/mol. The van der Waals surface area contributed by atoms with Crippen molar-refractivity contribution in [2.24, 2.45) is 15.2 Å². The highest BCUT2D eigenvalue weighted by Gasteiger charge is 2.24. The summed E-state index contributed by atoms with van der Waals surface area (Å²) in [6, 6.07) is 0.405. The first kappa shape index (κ1) is 5.70.